The Morgan fingerprint density at radius 1 is 1.41 bits per heavy atom. The van der Waals surface area contributed by atoms with E-state index in [1.54, 1.807) is 0 Å². The van der Waals surface area contributed by atoms with Gasteiger partial charge in [-0.2, -0.15) is 0 Å². The van der Waals surface area contributed by atoms with Crippen LogP contribution < -0.4 is 10.6 Å². The fourth-order valence-corrected chi connectivity index (χ4v) is 1.88. The molecule has 0 atom stereocenters. The molecule has 3 heteroatoms. The molecule has 0 spiro atoms. The van der Waals surface area contributed by atoms with Gasteiger partial charge in [0.1, 0.15) is 0 Å². The molecule has 17 heavy (non-hydrogen) atoms. The molecule has 3 nitrogen and oxygen atoms in total. The molecule has 2 rings (SSSR count). The summed E-state index contributed by atoms with van der Waals surface area (Å²) in [4.78, 5) is 11.3. The van der Waals surface area contributed by atoms with Gasteiger partial charge in [0.2, 0.25) is 5.91 Å². The van der Waals surface area contributed by atoms with Crippen molar-refractivity contribution in [2.45, 2.75) is 45.6 Å². The monoisotopic (exact) mass is 232 g/mol. The van der Waals surface area contributed by atoms with Gasteiger partial charge in [-0.1, -0.05) is 13.0 Å². The van der Waals surface area contributed by atoms with Crippen molar-refractivity contribution in [2.24, 2.45) is 0 Å². The summed E-state index contributed by atoms with van der Waals surface area (Å²) in [5, 5.41) is 6.42. The first kappa shape index (κ1) is 12.0. The molecule has 0 unspecified atom stereocenters. The Hall–Kier alpha value is -1.51. The Balaban J connectivity index is 2.07. The molecule has 1 aliphatic carbocycles. The van der Waals surface area contributed by atoms with Gasteiger partial charge in [0.15, 0.2) is 0 Å². The second kappa shape index (κ2) is 5.21. The third kappa shape index (κ3) is 2.99. The summed E-state index contributed by atoms with van der Waals surface area (Å²) < 4.78 is 0. The highest BCUT2D eigenvalue weighted by Crippen LogP contribution is 2.27. The van der Waals surface area contributed by atoms with Crippen LogP contribution in [0.15, 0.2) is 18.2 Å². The number of amides is 1. The Bertz CT molecular complexity index is 411. The lowest BCUT2D eigenvalue weighted by molar-refractivity contribution is -0.115. The van der Waals surface area contributed by atoms with E-state index in [-0.39, 0.29) is 5.91 Å². The Labute approximate surface area is 103 Å². The van der Waals surface area contributed by atoms with Gasteiger partial charge in [0, 0.05) is 23.8 Å². The Morgan fingerprint density at radius 2 is 2.18 bits per heavy atom. The summed E-state index contributed by atoms with van der Waals surface area (Å²) in [6.07, 6.45) is 4.35. The van der Waals surface area contributed by atoms with Gasteiger partial charge in [-0.25, -0.2) is 0 Å². The lowest BCUT2D eigenvalue weighted by Gasteiger charge is -2.28. The van der Waals surface area contributed by atoms with Crippen molar-refractivity contribution < 1.29 is 4.79 Å². The standard InChI is InChI=1S/C14H20N2O/c1-3-14(17)16-12-8-7-10(2)13(9-12)15-11-5-4-6-11/h7-9,11,15H,3-6H2,1-2H3,(H,16,17). The topological polar surface area (TPSA) is 41.1 Å². The van der Waals surface area contributed by atoms with Crippen LogP contribution in [0.1, 0.15) is 38.2 Å². The van der Waals surface area contributed by atoms with E-state index in [4.69, 9.17) is 0 Å². The fraction of sp³-hybridized carbons (Fsp3) is 0.500. The van der Waals surface area contributed by atoms with Crippen molar-refractivity contribution in [3.05, 3.63) is 23.8 Å². The predicted molar refractivity (Wildman–Crippen MR) is 71.4 cm³/mol. The maximum atomic E-state index is 11.3. The molecular formula is C14H20N2O. The molecule has 1 amide bonds. The van der Waals surface area contributed by atoms with Gasteiger partial charge in [0.05, 0.1) is 0 Å². The van der Waals surface area contributed by atoms with Crippen molar-refractivity contribution >= 4 is 17.3 Å². The van der Waals surface area contributed by atoms with Crippen LogP contribution in [0.3, 0.4) is 0 Å². The summed E-state index contributed by atoms with van der Waals surface area (Å²) in [5.41, 5.74) is 3.25. The highest BCUT2D eigenvalue weighted by Gasteiger charge is 2.17. The zero-order chi connectivity index (χ0) is 12.3. The van der Waals surface area contributed by atoms with Crippen molar-refractivity contribution in [1.82, 2.24) is 0 Å². The molecule has 0 radical (unpaired) electrons. The van der Waals surface area contributed by atoms with Crippen LogP contribution in [0.25, 0.3) is 0 Å². The Morgan fingerprint density at radius 3 is 2.76 bits per heavy atom. The van der Waals surface area contributed by atoms with Crippen molar-refractivity contribution in [1.29, 1.82) is 0 Å². The van der Waals surface area contributed by atoms with Crippen LogP contribution in [0.5, 0.6) is 0 Å². The van der Waals surface area contributed by atoms with E-state index in [1.807, 2.05) is 25.1 Å². The summed E-state index contributed by atoms with van der Waals surface area (Å²) in [5.74, 6) is 0.0587. The molecule has 0 aromatic heterocycles. The number of aryl methyl sites for hydroxylation is 1. The normalized spacial score (nSPS) is 15.2. The summed E-state index contributed by atoms with van der Waals surface area (Å²) in [7, 11) is 0. The minimum absolute atomic E-state index is 0.0587. The van der Waals surface area contributed by atoms with E-state index in [0.29, 0.717) is 12.5 Å². The second-order valence-corrected chi connectivity index (χ2v) is 4.70. The van der Waals surface area contributed by atoms with Crippen molar-refractivity contribution in [2.75, 3.05) is 10.6 Å². The molecule has 1 fully saturated rings. The highest BCUT2D eigenvalue weighted by molar-refractivity contribution is 5.91. The first-order chi connectivity index (χ1) is 8.19. The van der Waals surface area contributed by atoms with Crippen LogP contribution in [-0.2, 0) is 4.79 Å². The predicted octanol–water partition coefficient (Wildman–Crippen LogP) is 3.31. The van der Waals surface area contributed by atoms with Gasteiger partial charge in [0.25, 0.3) is 0 Å². The second-order valence-electron chi connectivity index (χ2n) is 4.70. The average Bonchev–Trinajstić information content (AvgIpc) is 2.27. The van der Waals surface area contributed by atoms with Crippen LogP contribution in [0.2, 0.25) is 0 Å². The number of nitrogens with one attached hydrogen (secondary N) is 2. The van der Waals surface area contributed by atoms with Gasteiger partial charge < -0.3 is 10.6 Å². The zero-order valence-electron chi connectivity index (χ0n) is 10.5. The highest BCUT2D eigenvalue weighted by atomic mass is 16.1. The largest absolute Gasteiger partial charge is 0.382 e. The van der Waals surface area contributed by atoms with E-state index in [2.05, 4.69) is 17.6 Å². The van der Waals surface area contributed by atoms with Gasteiger partial charge in [-0.3, -0.25) is 4.79 Å². The van der Waals surface area contributed by atoms with E-state index in [0.717, 1.165) is 11.4 Å². The van der Waals surface area contributed by atoms with Crippen molar-refractivity contribution in [3.8, 4) is 0 Å². The third-order valence-corrected chi connectivity index (χ3v) is 3.31. The Kier molecular flexibility index (Phi) is 3.67. The number of hydrogen-bond acceptors (Lipinski definition) is 2. The molecule has 1 aliphatic rings. The SMILES string of the molecule is CCC(=O)Nc1ccc(C)c(NC2CCC2)c1. The summed E-state index contributed by atoms with van der Waals surface area (Å²) in [6, 6.07) is 6.65. The van der Waals surface area contributed by atoms with E-state index in [9.17, 15) is 4.79 Å². The third-order valence-electron chi connectivity index (χ3n) is 3.31. The first-order valence-corrected chi connectivity index (χ1v) is 6.36. The van der Waals surface area contributed by atoms with Gasteiger partial charge in [-0.15, -0.1) is 0 Å². The number of carbonyl (C=O) groups is 1. The quantitative estimate of drug-likeness (QED) is 0.836. The van der Waals surface area contributed by atoms with Gasteiger partial charge in [-0.05, 0) is 43.9 Å². The minimum Gasteiger partial charge on any atom is -0.382 e. The maximum Gasteiger partial charge on any atom is 0.224 e. The van der Waals surface area contributed by atoms with E-state index < -0.39 is 0 Å². The van der Waals surface area contributed by atoms with E-state index >= 15 is 0 Å². The van der Waals surface area contributed by atoms with Gasteiger partial charge >= 0.3 is 0 Å². The first-order valence-electron chi connectivity index (χ1n) is 6.36. The molecule has 1 saturated carbocycles. The van der Waals surface area contributed by atoms with Crippen LogP contribution in [-0.4, -0.2) is 11.9 Å². The maximum absolute atomic E-state index is 11.3. The zero-order valence-corrected chi connectivity index (χ0v) is 10.5. The molecule has 0 saturated heterocycles. The molecule has 1 aromatic carbocycles. The summed E-state index contributed by atoms with van der Waals surface area (Å²) >= 11 is 0. The van der Waals surface area contributed by atoms with Crippen LogP contribution in [0.4, 0.5) is 11.4 Å². The number of carbonyl (C=O) groups excluding carboxylic acids is 1. The van der Waals surface area contributed by atoms with Crippen LogP contribution in [0, 0.1) is 6.92 Å². The molecule has 0 bridgehead atoms. The lowest BCUT2D eigenvalue weighted by Crippen LogP contribution is -2.27. The number of benzene rings is 1. The number of hydrogen-bond donors (Lipinski definition) is 2. The molecule has 92 valence electrons. The number of anilines is 2. The molecule has 1 aromatic rings. The van der Waals surface area contributed by atoms with Crippen molar-refractivity contribution in [3.63, 3.8) is 0 Å². The smallest absolute Gasteiger partial charge is 0.224 e. The summed E-state index contributed by atoms with van der Waals surface area (Å²) in [6.45, 7) is 3.95. The fourth-order valence-electron chi connectivity index (χ4n) is 1.88. The van der Waals surface area contributed by atoms with E-state index in [1.165, 1.54) is 24.8 Å². The molecule has 0 aliphatic heterocycles. The molecule has 0 heterocycles. The van der Waals surface area contributed by atoms with Crippen LogP contribution >= 0.6 is 0 Å². The molecule has 2 N–H and O–H groups in total. The number of rotatable bonds is 4. The lowest BCUT2D eigenvalue weighted by atomic mass is 9.92. The average molecular weight is 232 g/mol. The minimum atomic E-state index is 0.0587. The molecular weight excluding hydrogens is 212 g/mol.